The first-order valence-corrected chi connectivity index (χ1v) is 10.3. The quantitative estimate of drug-likeness (QED) is 0.444. The van der Waals surface area contributed by atoms with Gasteiger partial charge in [0.2, 0.25) is 0 Å². The fourth-order valence-corrected chi connectivity index (χ4v) is 3.88. The van der Waals surface area contributed by atoms with Crippen molar-refractivity contribution in [2.45, 2.75) is 44.2 Å². The van der Waals surface area contributed by atoms with E-state index in [1.807, 2.05) is 0 Å². The van der Waals surface area contributed by atoms with E-state index >= 15 is 0 Å². The Morgan fingerprint density at radius 3 is 2.84 bits per heavy atom. The third-order valence-corrected chi connectivity index (χ3v) is 5.40. The number of hydrogen-bond acceptors (Lipinski definition) is 6. The Hall–Kier alpha value is -3.62. The smallest absolute Gasteiger partial charge is 0.334 e. The van der Waals surface area contributed by atoms with E-state index in [1.165, 1.54) is 6.33 Å². The lowest BCUT2D eigenvalue weighted by molar-refractivity contribution is -0.153. The standard InChI is InChI=1S/C22H24N4O5/c1-2-11-30-16-10-6-7-14(12-16)18(22(29)31-15-8-4-3-5-9-15)26-13-23-19-17(21(26)28)20(27)25-24-19/h2,6-7,10,12-13,15,18H,1,3-5,8-9,11H2,(H2,24,25,27). The molecular weight excluding hydrogens is 400 g/mol. The molecule has 2 aromatic heterocycles. The lowest BCUT2D eigenvalue weighted by atomic mass is 9.97. The average Bonchev–Trinajstić information content (AvgIpc) is 3.16. The number of hydrogen-bond donors (Lipinski definition) is 2. The van der Waals surface area contributed by atoms with E-state index in [0.717, 1.165) is 36.7 Å². The van der Waals surface area contributed by atoms with Crippen LogP contribution in [0.4, 0.5) is 0 Å². The van der Waals surface area contributed by atoms with Crippen LogP contribution in [0, 0.1) is 0 Å². The third kappa shape index (κ3) is 4.30. The number of H-pyrrole nitrogens is 2. The van der Waals surface area contributed by atoms with Crippen molar-refractivity contribution in [3.63, 3.8) is 0 Å². The molecule has 0 amide bonds. The summed E-state index contributed by atoms with van der Waals surface area (Å²) in [4.78, 5) is 42.6. The number of nitrogens with one attached hydrogen (secondary N) is 2. The topological polar surface area (TPSA) is 119 Å². The van der Waals surface area contributed by atoms with Gasteiger partial charge in [0, 0.05) is 0 Å². The SMILES string of the molecule is C=CCOc1cccc(C(C(=O)OC2CCCCC2)n2cnc3[nH][nH]c(=O)c3c2=O)c1. The molecule has 1 fully saturated rings. The second-order valence-corrected chi connectivity index (χ2v) is 7.53. The van der Waals surface area contributed by atoms with Gasteiger partial charge in [0.25, 0.3) is 11.1 Å². The van der Waals surface area contributed by atoms with Crippen molar-refractivity contribution in [3.05, 3.63) is 69.5 Å². The van der Waals surface area contributed by atoms with Crippen LogP contribution in [0.5, 0.6) is 5.75 Å². The van der Waals surface area contributed by atoms with E-state index in [0.29, 0.717) is 17.9 Å². The molecule has 31 heavy (non-hydrogen) atoms. The van der Waals surface area contributed by atoms with Gasteiger partial charge >= 0.3 is 5.97 Å². The number of rotatable bonds is 7. The van der Waals surface area contributed by atoms with Crippen LogP contribution >= 0.6 is 0 Å². The van der Waals surface area contributed by atoms with Gasteiger partial charge in [0.05, 0.1) is 0 Å². The highest BCUT2D eigenvalue weighted by atomic mass is 16.5. The average molecular weight is 424 g/mol. The maximum absolute atomic E-state index is 13.3. The zero-order valence-corrected chi connectivity index (χ0v) is 17.0. The van der Waals surface area contributed by atoms with Crippen molar-refractivity contribution in [3.8, 4) is 5.75 Å². The van der Waals surface area contributed by atoms with Gasteiger partial charge < -0.3 is 9.47 Å². The number of ether oxygens (including phenoxy) is 2. The molecule has 0 saturated heterocycles. The van der Waals surface area contributed by atoms with Gasteiger partial charge in [-0.2, -0.15) is 0 Å². The number of esters is 1. The Kier molecular flexibility index (Phi) is 6.01. The van der Waals surface area contributed by atoms with E-state index in [9.17, 15) is 14.4 Å². The number of aromatic amines is 2. The second kappa shape index (κ2) is 9.03. The molecule has 162 valence electrons. The summed E-state index contributed by atoms with van der Waals surface area (Å²) in [5.41, 5.74) is -0.592. The van der Waals surface area contributed by atoms with Crippen LogP contribution in [0.25, 0.3) is 11.0 Å². The van der Waals surface area contributed by atoms with Crippen molar-refractivity contribution in [1.82, 2.24) is 19.7 Å². The monoisotopic (exact) mass is 424 g/mol. The number of fused-ring (bicyclic) bond motifs is 1. The Morgan fingerprint density at radius 2 is 2.06 bits per heavy atom. The Balaban J connectivity index is 1.77. The maximum atomic E-state index is 13.3. The van der Waals surface area contributed by atoms with E-state index in [-0.39, 0.29) is 17.1 Å². The highest BCUT2D eigenvalue weighted by Gasteiger charge is 2.30. The van der Waals surface area contributed by atoms with Gasteiger partial charge in [-0.05, 0) is 43.4 Å². The third-order valence-electron chi connectivity index (χ3n) is 5.40. The molecule has 0 aliphatic heterocycles. The Labute approximate surface area is 177 Å². The normalized spacial score (nSPS) is 15.5. The number of nitrogens with zero attached hydrogens (tertiary/aromatic N) is 2. The lowest BCUT2D eigenvalue weighted by Gasteiger charge is -2.25. The molecule has 0 spiro atoms. The van der Waals surface area contributed by atoms with Crippen LogP contribution < -0.4 is 15.9 Å². The molecule has 0 radical (unpaired) electrons. The summed E-state index contributed by atoms with van der Waals surface area (Å²) in [6.07, 6.45) is 7.39. The molecular formula is C22H24N4O5. The Morgan fingerprint density at radius 1 is 1.26 bits per heavy atom. The minimum Gasteiger partial charge on any atom is -0.490 e. The molecule has 9 heteroatoms. The maximum Gasteiger partial charge on any atom is 0.334 e. The summed E-state index contributed by atoms with van der Waals surface area (Å²) in [7, 11) is 0. The van der Waals surface area contributed by atoms with Crippen molar-refractivity contribution in [2.24, 2.45) is 0 Å². The van der Waals surface area contributed by atoms with E-state index < -0.39 is 23.1 Å². The molecule has 1 unspecified atom stereocenters. The molecule has 2 N–H and O–H groups in total. The second-order valence-electron chi connectivity index (χ2n) is 7.53. The molecule has 1 aliphatic rings. The summed E-state index contributed by atoms with van der Waals surface area (Å²) in [6.45, 7) is 3.93. The van der Waals surface area contributed by atoms with E-state index in [4.69, 9.17) is 9.47 Å². The zero-order chi connectivity index (χ0) is 21.8. The number of carbonyl (C=O) groups is 1. The summed E-state index contributed by atoms with van der Waals surface area (Å²) >= 11 is 0. The summed E-state index contributed by atoms with van der Waals surface area (Å²) in [6, 6.07) is 5.76. The molecule has 9 nitrogen and oxygen atoms in total. The predicted octanol–water partition coefficient (Wildman–Crippen LogP) is 2.44. The molecule has 4 rings (SSSR count). The zero-order valence-electron chi connectivity index (χ0n) is 17.0. The first-order valence-electron chi connectivity index (χ1n) is 10.3. The predicted molar refractivity (Wildman–Crippen MR) is 114 cm³/mol. The van der Waals surface area contributed by atoms with Gasteiger partial charge in [-0.15, -0.1) is 0 Å². The van der Waals surface area contributed by atoms with Crippen LogP contribution in [0.15, 0.2) is 52.8 Å². The van der Waals surface area contributed by atoms with E-state index in [2.05, 4.69) is 21.8 Å². The van der Waals surface area contributed by atoms with Gasteiger partial charge in [-0.3, -0.25) is 24.4 Å². The molecule has 2 heterocycles. The fourth-order valence-electron chi connectivity index (χ4n) is 3.88. The van der Waals surface area contributed by atoms with Crippen LogP contribution in [-0.4, -0.2) is 38.4 Å². The number of benzene rings is 1. The van der Waals surface area contributed by atoms with E-state index in [1.54, 1.807) is 30.3 Å². The summed E-state index contributed by atoms with van der Waals surface area (Å²) in [5, 5.41) is 4.76. The van der Waals surface area contributed by atoms with Crippen LogP contribution in [0.1, 0.15) is 43.7 Å². The molecule has 1 saturated carbocycles. The summed E-state index contributed by atoms with van der Waals surface area (Å²) in [5.74, 6) is -0.0440. The largest absolute Gasteiger partial charge is 0.490 e. The summed E-state index contributed by atoms with van der Waals surface area (Å²) < 4.78 is 12.5. The highest BCUT2D eigenvalue weighted by Crippen LogP contribution is 2.27. The fraction of sp³-hybridized carbons (Fsp3) is 0.364. The molecule has 1 aliphatic carbocycles. The molecule has 0 bridgehead atoms. The van der Waals surface area contributed by atoms with Gasteiger partial charge in [-0.25, -0.2) is 9.78 Å². The van der Waals surface area contributed by atoms with Crippen molar-refractivity contribution >= 4 is 17.0 Å². The first-order chi connectivity index (χ1) is 15.1. The van der Waals surface area contributed by atoms with Crippen LogP contribution in [0.2, 0.25) is 0 Å². The van der Waals surface area contributed by atoms with Crippen LogP contribution in [-0.2, 0) is 9.53 Å². The highest BCUT2D eigenvalue weighted by molar-refractivity contribution is 5.79. The minimum absolute atomic E-state index is 0.133. The first kappa shape index (κ1) is 20.6. The lowest BCUT2D eigenvalue weighted by Crippen LogP contribution is -2.35. The molecule has 3 aromatic rings. The number of carbonyl (C=O) groups excluding carboxylic acids is 1. The molecule has 1 aromatic carbocycles. The van der Waals surface area contributed by atoms with Crippen molar-refractivity contribution < 1.29 is 14.3 Å². The van der Waals surface area contributed by atoms with Crippen LogP contribution in [0.3, 0.4) is 0 Å². The number of aromatic nitrogens is 4. The van der Waals surface area contributed by atoms with Gasteiger partial charge in [-0.1, -0.05) is 31.2 Å². The van der Waals surface area contributed by atoms with Crippen molar-refractivity contribution in [2.75, 3.05) is 6.61 Å². The van der Waals surface area contributed by atoms with Gasteiger partial charge in [0.15, 0.2) is 17.1 Å². The minimum atomic E-state index is -1.10. The van der Waals surface area contributed by atoms with Crippen molar-refractivity contribution in [1.29, 1.82) is 0 Å². The van der Waals surface area contributed by atoms with Gasteiger partial charge in [0.1, 0.15) is 24.8 Å². The molecule has 1 atom stereocenters. The Bertz CT molecular complexity index is 1200.